The SMILES string of the molecule is CC(C)(C)OC(=O)N1CC(C2CCCN(CCN)C2)C1. The lowest BCUT2D eigenvalue weighted by atomic mass is 9.81. The van der Waals surface area contributed by atoms with Gasteiger partial charge in [0.2, 0.25) is 0 Å². The number of hydrogen-bond acceptors (Lipinski definition) is 4. The number of carbonyl (C=O) groups is 1. The van der Waals surface area contributed by atoms with Gasteiger partial charge in [0.25, 0.3) is 0 Å². The standard InChI is InChI=1S/C15H29N3O2/c1-15(2,3)20-14(19)18-10-13(11-18)12-5-4-7-17(9-12)8-6-16/h12-13H,4-11,16H2,1-3H3. The molecule has 0 radical (unpaired) electrons. The van der Waals surface area contributed by atoms with Crippen molar-refractivity contribution in [1.29, 1.82) is 0 Å². The van der Waals surface area contributed by atoms with Crippen LogP contribution in [0.25, 0.3) is 0 Å². The van der Waals surface area contributed by atoms with Crippen LogP contribution < -0.4 is 5.73 Å². The topological polar surface area (TPSA) is 58.8 Å². The van der Waals surface area contributed by atoms with Crippen molar-refractivity contribution in [3.05, 3.63) is 0 Å². The molecule has 5 heteroatoms. The van der Waals surface area contributed by atoms with E-state index in [1.54, 1.807) is 0 Å². The second kappa shape index (κ2) is 6.31. The second-order valence-corrected chi connectivity index (χ2v) is 7.14. The molecule has 0 aliphatic carbocycles. The van der Waals surface area contributed by atoms with Crippen LogP contribution >= 0.6 is 0 Å². The molecule has 2 heterocycles. The van der Waals surface area contributed by atoms with E-state index in [1.807, 2.05) is 25.7 Å². The van der Waals surface area contributed by atoms with Crippen molar-refractivity contribution in [3.63, 3.8) is 0 Å². The highest BCUT2D eigenvalue weighted by atomic mass is 16.6. The van der Waals surface area contributed by atoms with Crippen molar-refractivity contribution < 1.29 is 9.53 Å². The number of nitrogens with two attached hydrogens (primary N) is 1. The molecule has 2 N–H and O–H groups in total. The van der Waals surface area contributed by atoms with Crippen LogP contribution in [0.3, 0.4) is 0 Å². The molecule has 0 bridgehead atoms. The molecule has 1 atom stereocenters. The fourth-order valence-electron chi connectivity index (χ4n) is 3.15. The molecule has 2 aliphatic heterocycles. The van der Waals surface area contributed by atoms with Gasteiger partial charge in [-0.2, -0.15) is 0 Å². The van der Waals surface area contributed by atoms with Gasteiger partial charge in [-0.1, -0.05) is 0 Å². The zero-order valence-corrected chi connectivity index (χ0v) is 13.1. The minimum absolute atomic E-state index is 0.164. The quantitative estimate of drug-likeness (QED) is 0.853. The lowest BCUT2D eigenvalue weighted by Crippen LogP contribution is -2.56. The first kappa shape index (κ1) is 15.6. The number of likely N-dealkylation sites (tertiary alicyclic amines) is 2. The molecule has 0 aromatic heterocycles. The van der Waals surface area contributed by atoms with Crippen LogP contribution in [0.4, 0.5) is 4.79 Å². The van der Waals surface area contributed by atoms with Gasteiger partial charge >= 0.3 is 6.09 Å². The number of nitrogens with zero attached hydrogens (tertiary/aromatic N) is 2. The predicted molar refractivity (Wildman–Crippen MR) is 79.5 cm³/mol. The smallest absolute Gasteiger partial charge is 0.410 e. The van der Waals surface area contributed by atoms with Crippen molar-refractivity contribution in [2.75, 3.05) is 39.3 Å². The minimum Gasteiger partial charge on any atom is -0.444 e. The number of carbonyl (C=O) groups excluding carboxylic acids is 1. The Morgan fingerprint density at radius 2 is 1.95 bits per heavy atom. The molecule has 1 amide bonds. The van der Waals surface area contributed by atoms with Crippen LogP contribution in [-0.2, 0) is 4.74 Å². The van der Waals surface area contributed by atoms with Crippen molar-refractivity contribution >= 4 is 6.09 Å². The summed E-state index contributed by atoms with van der Waals surface area (Å²) in [4.78, 5) is 16.2. The Balaban J connectivity index is 1.74. The largest absolute Gasteiger partial charge is 0.444 e. The van der Waals surface area contributed by atoms with Gasteiger partial charge in [-0.05, 0) is 52.0 Å². The molecule has 2 rings (SSSR count). The van der Waals surface area contributed by atoms with Gasteiger partial charge in [0.15, 0.2) is 0 Å². The average Bonchev–Trinajstić information content (AvgIpc) is 2.25. The van der Waals surface area contributed by atoms with Crippen molar-refractivity contribution in [1.82, 2.24) is 9.80 Å². The Labute approximate surface area is 122 Å². The van der Waals surface area contributed by atoms with E-state index in [0.29, 0.717) is 11.8 Å². The van der Waals surface area contributed by atoms with E-state index in [-0.39, 0.29) is 6.09 Å². The maximum absolute atomic E-state index is 11.9. The lowest BCUT2D eigenvalue weighted by molar-refractivity contribution is -0.0193. The van der Waals surface area contributed by atoms with Gasteiger partial charge in [0.1, 0.15) is 5.60 Å². The molecule has 5 nitrogen and oxygen atoms in total. The van der Waals surface area contributed by atoms with Gasteiger partial charge in [0, 0.05) is 32.7 Å². The van der Waals surface area contributed by atoms with E-state index < -0.39 is 5.60 Å². The van der Waals surface area contributed by atoms with Crippen LogP contribution in [0.15, 0.2) is 0 Å². The first-order chi connectivity index (χ1) is 9.39. The Hall–Kier alpha value is -0.810. The Bertz CT molecular complexity index is 333. The van der Waals surface area contributed by atoms with Crippen LogP contribution in [0.2, 0.25) is 0 Å². The normalized spacial score (nSPS) is 25.4. The molecule has 0 saturated carbocycles. The summed E-state index contributed by atoms with van der Waals surface area (Å²) in [5.41, 5.74) is 5.24. The van der Waals surface area contributed by atoms with Crippen molar-refractivity contribution in [2.24, 2.45) is 17.6 Å². The summed E-state index contributed by atoms with van der Waals surface area (Å²) >= 11 is 0. The van der Waals surface area contributed by atoms with E-state index in [9.17, 15) is 4.79 Å². The monoisotopic (exact) mass is 283 g/mol. The summed E-state index contributed by atoms with van der Waals surface area (Å²) in [6.45, 7) is 11.5. The highest BCUT2D eigenvalue weighted by Gasteiger charge is 2.39. The molecule has 2 aliphatic rings. The fraction of sp³-hybridized carbons (Fsp3) is 0.933. The third kappa shape index (κ3) is 4.09. The van der Waals surface area contributed by atoms with Gasteiger partial charge in [-0.25, -0.2) is 4.79 Å². The van der Waals surface area contributed by atoms with Gasteiger partial charge in [-0.15, -0.1) is 0 Å². The molecule has 2 fully saturated rings. The van der Waals surface area contributed by atoms with Crippen molar-refractivity contribution in [2.45, 2.75) is 39.2 Å². The molecule has 116 valence electrons. The van der Waals surface area contributed by atoms with E-state index >= 15 is 0 Å². The summed E-state index contributed by atoms with van der Waals surface area (Å²) in [6.07, 6.45) is 2.38. The van der Waals surface area contributed by atoms with Gasteiger partial charge < -0.3 is 20.3 Å². The molecular weight excluding hydrogens is 254 g/mol. The second-order valence-electron chi connectivity index (χ2n) is 7.14. The lowest BCUT2D eigenvalue weighted by Gasteiger charge is -2.46. The molecule has 0 spiro atoms. The molecular formula is C15H29N3O2. The molecule has 2 saturated heterocycles. The zero-order chi connectivity index (χ0) is 14.8. The molecule has 0 aromatic carbocycles. The Morgan fingerprint density at radius 3 is 2.55 bits per heavy atom. The van der Waals surface area contributed by atoms with Crippen LogP contribution in [-0.4, -0.2) is 60.8 Å². The summed E-state index contributed by atoms with van der Waals surface area (Å²) in [6, 6.07) is 0. The first-order valence-corrected chi connectivity index (χ1v) is 7.79. The summed E-state index contributed by atoms with van der Waals surface area (Å²) < 4.78 is 5.40. The molecule has 20 heavy (non-hydrogen) atoms. The van der Waals surface area contributed by atoms with Crippen LogP contribution in [0.5, 0.6) is 0 Å². The van der Waals surface area contributed by atoms with E-state index in [1.165, 1.54) is 19.4 Å². The molecule has 1 unspecified atom stereocenters. The van der Waals surface area contributed by atoms with E-state index in [4.69, 9.17) is 10.5 Å². The van der Waals surface area contributed by atoms with Crippen molar-refractivity contribution in [3.8, 4) is 0 Å². The van der Waals surface area contributed by atoms with Gasteiger partial charge in [0.05, 0.1) is 0 Å². The van der Waals surface area contributed by atoms with E-state index in [0.717, 1.165) is 32.7 Å². The average molecular weight is 283 g/mol. The third-order valence-corrected chi connectivity index (χ3v) is 4.22. The maximum atomic E-state index is 11.9. The van der Waals surface area contributed by atoms with Gasteiger partial charge in [-0.3, -0.25) is 0 Å². The number of piperidine rings is 1. The number of hydrogen-bond donors (Lipinski definition) is 1. The minimum atomic E-state index is -0.398. The van der Waals surface area contributed by atoms with Crippen LogP contribution in [0, 0.1) is 11.8 Å². The Morgan fingerprint density at radius 1 is 1.25 bits per heavy atom. The number of ether oxygens (including phenoxy) is 1. The first-order valence-electron chi connectivity index (χ1n) is 7.79. The summed E-state index contributed by atoms with van der Waals surface area (Å²) in [5, 5.41) is 0. The van der Waals surface area contributed by atoms with E-state index in [2.05, 4.69) is 4.90 Å². The summed E-state index contributed by atoms with van der Waals surface area (Å²) in [5.74, 6) is 1.36. The van der Waals surface area contributed by atoms with Crippen LogP contribution in [0.1, 0.15) is 33.6 Å². The fourth-order valence-corrected chi connectivity index (χ4v) is 3.15. The highest BCUT2D eigenvalue weighted by molar-refractivity contribution is 5.69. The molecule has 0 aromatic rings. The number of rotatable bonds is 3. The predicted octanol–water partition coefficient (Wildman–Crippen LogP) is 1.52. The zero-order valence-electron chi connectivity index (χ0n) is 13.1. The highest BCUT2D eigenvalue weighted by Crippen LogP contribution is 2.31. The third-order valence-electron chi connectivity index (χ3n) is 4.22. The summed E-state index contributed by atoms with van der Waals surface area (Å²) in [7, 11) is 0. The Kier molecular flexibility index (Phi) is 4.91. The maximum Gasteiger partial charge on any atom is 0.410 e. The number of amides is 1.